The van der Waals surface area contributed by atoms with Crippen molar-refractivity contribution >= 4 is 28.2 Å². The lowest BCUT2D eigenvalue weighted by atomic mass is 10.0. The third-order valence-electron chi connectivity index (χ3n) is 5.45. The van der Waals surface area contributed by atoms with Crippen LogP contribution in [0.3, 0.4) is 0 Å². The summed E-state index contributed by atoms with van der Waals surface area (Å²) in [6, 6.07) is 6.18. The molecule has 2 heterocycles. The molecule has 6 nitrogen and oxygen atoms in total. The lowest BCUT2D eigenvalue weighted by molar-refractivity contribution is -0.907. The van der Waals surface area contributed by atoms with E-state index >= 15 is 0 Å². The van der Waals surface area contributed by atoms with Gasteiger partial charge in [0.1, 0.15) is 13.1 Å². The molecule has 1 saturated heterocycles. The molecule has 3 N–H and O–H groups in total. The van der Waals surface area contributed by atoms with Gasteiger partial charge in [-0.25, -0.2) is 0 Å². The first-order chi connectivity index (χ1) is 13.5. The smallest absolute Gasteiger partial charge is 0.253 e. The van der Waals surface area contributed by atoms with Gasteiger partial charge >= 0.3 is 0 Å². The number of nitrogens with zero attached hydrogens (tertiary/aromatic N) is 1. The Morgan fingerprint density at radius 3 is 2.68 bits per heavy atom. The molecule has 28 heavy (non-hydrogen) atoms. The molecule has 1 aliphatic rings. The Labute approximate surface area is 171 Å². The van der Waals surface area contributed by atoms with E-state index in [1.54, 1.807) is 0 Å². The van der Waals surface area contributed by atoms with Gasteiger partial charge < -0.3 is 24.8 Å². The van der Waals surface area contributed by atoms with Crippen LogP contribution in [0.1, 0.15) is 23.6 Å². The monoisotopic (exact) mass is 403 g/mol. The molecule has 0 spiro atoms. The zero-order valence-electron chi connectivity index (χ0n) is 17.1. The number of quaternary nitrogens is 1. The van der Waals surface area contributed by atoms with Gasteiger partial charge in [-0.05, 0) is 67.7 Å². The number of benzene rings is 1. The first-order valence-electron chi connectivity index (χ1n) is 10.0. The molecule has 1 aliphatic heterocycles. The van der Waals surface area contributed by atoms with Crippen molar-refractivity contribution in [3.05, 3.63) is 45.2 Å². The van der Waals surface area contributed by atoms with E-state index in [4.69, 9.17) is 17.0 Å². The van der Waals surface area contributed by atoms with Crippen LogP contribution in [0.4, 0.5) is 0 Å². The molecule has 0 unspecified atom stereocenters. The number of pyridine rings is 1. The maximum Gasteiger partial charge on any atom is 0.253 e. The number of aromatic amines is 1. The van der Waals surface area contributed by atoms with Gasteiger partial charge in [0.25, 0.3) is 5.56 Å². The second-order valence-corrected chi connectivity index (χ2v) is 7.90. The van der Waals surface area contributed by atoms with Crippen LogP contribution in [0.2, 0.25) is 0 Å². The van der Waals surface area contributed by atoms with Gasteiger partial charge in [-0.15, -0.1) is 0 Å². The van der Waals surface area contributed by atoms with Gasteiger partial charge in [0.15, 0.2) is 5.11 Å². The topological polar surface area (TPSA) is 61.8 Å². The highest BCUT2D eigenvalue weighted by atomic mass is 32.1. The number of H-pyrrole nitrogens is 1. The third kappa shape index (κ3) is 5.10. The van der Waals surface area contributed by atoms with Crippen molar-refractivity contribution in [1.29, 1.82) is 0 Å². The molecule has 1 fully saturated rings. The van der Waals surface area contributed by atoms with Gasteiger partial charge in [-0.3, -0.25) is 4.79 Å². The van der Waals surface area contributed by atoms with Crippen molar-refractivity contribution in [2.45, 2.75) is 27.3 Å². The molecule has 0 radical (unpaired) electrons. The average molecular weight is 404 g/mol. The molecule has 1 aromatic heterocycles. The quantitative estimate of drug-likeness (QED) is 0.622. The van der Waals surface area contributed by atoms with Crippen molar-refractivity contribution in [1.82, 2.24) is 15.2 Å². The normalized spacial score (nSPS) is 15.0. The summed E-state index contributed by atoms with van der Waals surface area (Å²) in [5.41, 5.74) is 3.99. The third-order valence-corrected chi connectivity index (χ3v) is 5.85. The molecule has 7 heteroatoms. The Bertz CT molecular complexity index is 890. The lowest BCUT2D eigenvalue weighted by Gasteiger charge is -2.29. The van der Waals surface area contributed by atoms with Crippen LogP contribution < -0.4 is 15.8 Å². The molecular formula is C21H31N4O2S+. The van der Waals surface area contributed by atoms with E-state index in [1.807, 2.05) is 19.1 Å². The largest absolute Gasteiger partial charge is 0.370 e. The van der Waals surface area contributed by atoms with E-state index in [2.05, 4.69) is 35.1 Å². The Hall–Kier alpha value is -1.96. The van der Waals surface area contributed by atoms with Crippen LogP contribution in [-0.2, 0) is 11.3 Å². The summed E-state index contributed by atoms with van der Waals surface area (Å²) < 4.78 is 5.44. The average Bonchev–Trinajstić information content (AvgIpc) is 2.68. The first kappa shape index (κ1) is 20.8. The highest BCUT2D eigenvalue weighted by Gasteiger charge is 2.18. The van der Waals surface area contributed by atoms with Crippen LogP contribution in [0.25, 0.3) is 10.9 Å². The van der Waals surface area contributed by atoms with E-state index in [0.717, 1.165) is 62.4 Å². The van der Waals surface area contributed by atoms with Gasteiger partial charge in [0.05, 0.1) is 32.8 Å². The summed E-state index contributed by atoms with van der Waals surface area (Å²) in [4.78, 5) is 19.4. The fourth-order valence-electron chi connectivity index (χ4n) is 3.56. The summed E-state index contributed by atoms with van der Waals surface area (Å²) in [5.74, 6) is 0. The van der Waals surface area contributed by atoms with Crippen LogP contribution >= 0.6 is 12.2 Å². The van der Waals surface area contributed by atoms with Gasteiger partial charge in [0, 0.05) is 17.6 Å². The number of hydrogen-bond acceptors (Lipinski definition) is 3. The predicted molar refractivity (Wildman–Crippen MR) is 117 cm³/mol. The summed E-state index contributed by atoms with van der Waals surface area (Å²) in [6.45, 7) is 12.9. The van der Waals surface area contributed by atoms with Crippen molar-refractivity contribution in [2.24, 2.45) is 0 Å². The molecule has 0 amide bonds. The van der Waals surface area contributed by atoms with E-state index in [0.29, 0.717) is 11.7 Å². The zero-order chi connectivity index (χ0) is 20.1. The maximum absolute atomic E-state index is 12.7. The van der Waals surface area contributed by atoms with Crippen LogP contribution in [-0.4, -0.2) is 60.9 Å². The van der Waals surface area contributed by atoms with E-state index in [-0.39, 0.29) is 5.56 Å². The maximum atomic E-state index is 12.7. The molecule has 2 aromatic rings. The highest BCUT2D eigenvalue weighted by Crippen LogP contribution is 2.17. The van der Waals surface area contributed by atoms with Crippen LogP contribution in [0.5, 0.6) is 0 Å². The number of aromatic nitrogens is 1. The number of rotatable bonds is 6. The number of thiocarbonyl (C=S) groups is 1. The Morgan fingerprint density at radius 1 is 1.25 bits per heavy atom. The minimum atomic E-state index is -0.0428. The number of fused-ring (bicyclic) bond motifs is 1. The Balaban J connectivity index is 1.80. The highest BCUT2D eigenvalue weighted by molar-refractivity contribution is 7.80. The molecule has 3 rings (SSSR count). The predicted octanol–water partition coefficient (Wildman–Crippen LogP) is 0.756. The zero-order valence-corrected chi connectivity index (χ0v) is 17.9. The fraction of sp³-hybridized carbons (Fsp3) is 0.524. The Kier molecular flexibility index (Phi) is 7.04. The number of nitrogens with one attached hydrogen (secondary N) is 3. The van der Waals surface area contributed by atoms with E-state index in [9.17, 15) is 4.79 Å². The van der Waals surface area contributed by atoms with Crippen LogP contribution in [0, 0.1) is 13.8 Å². The lowest BCUT2D eigenvalue weighted by Crippen LogP contribution is -3.14. The molecule has 0 atom stereocenters. The summed E-state index contributed by atoms with van der Waals surface area (Å²) >= 11 is 5.59. The summed E-state index contributed by atoms with van der Waals surface area (Å²) in [7, 11) is 0. The second-order valence-electron chi connectivity index (χ2n) is 7.52. The molecule has 152 valence electrons. The van der Waals surface area contributed by atoms with Crippen molar-refractivity contribution in [3.8, 4) is 0 Å². The van der Waals surface area contributed by atoms with Crippen LogP contribution in [0.15, 0.2) is 23.0 Å². The molecule has 0 bridgehead atoms. The van der Waals surface area contributed by atoms with E-state index < -0.39 is 0 Å². The Morgan fingerprint density at radius 2 is 1.96 bits per heavy atom. The van der Waals surface area contributed by atoms with Gasteiger partial charge in [0.2, 0.25) is 0 Å². The molecule has 0 aliphatic carbocycles. The number of morpholine rings is 1. The minimum Gasteiger partial charge on any atom is -0.370 e. The van der Waals surface area contributed by atoms with Crippen molar-refractivity contribution in [3.63, 3.8) is 0 Å². The standard InChI is InChI=1S/C21H30N4O2S/c1-4-22-21(28)25(6-5-24-7-9-27-10-8-24)14-18-13-17-11-15(2)16(3)12-19(17)23-20(18)26/h11-13H,4-10,14H2,1-3H3,(H,22,28)(H,23,26)/p+1. The van der Waals surface area contributed by atoms with Gasteiger partial charge in [-0.2, -0.15) is 0 Å². The number of hydrogen-bond donors (Lipinski definition) is 3. The summed E-state index contributed by atoms with van der Waals surface area (Å²) in [6.07, 6.45) is 0. The molecule has 0 saturated carbocycles. The molecular weight excluding hydrogens is 372 g/mol. The SMILES string of the molecule is CCNC(=S)N(CC[NH+]1CCOCC1)Cc1cc2cc(C)c(C)cc2[nH]c1=O. The first-order valence-corrected chi connectivity index (χ1v) is 10.5. The minimum absolute atomic E-state index is 0.0428. The van der Waals surface area contributed by atoms with E-state index in [1.165, 1.54) is 16.0 Å². The summed E-state index contributed by atoms with van der Waals surface area (Å²) in [5, 5.41) is 5.00. The van der Waals surface area contributed by atoms with Crippen molar-refractivity contribution < 1.29 is 9.64 Å². The van der Waals surface area contributed by atoms with Gasteiger partial charge in [-0.1, -0.05) is 0 Å². The number of ether oxygens (including phenoxy) is 1. The molecule has 1 aromatic carbocycles. The number of aryl methyl sites for hydroxylation is 2. The van der Waals surface area contributed by atoms with Crippen molar-refractivity contribution in [2.75, 3.05) is 45.9 Å². The fourth-order valence-corrected chi connectivity index (χ4v) is 3.86. The second kappa shape index (κ2) is 9.49.